The lowest BCUT2D eigenvalue weighted by atomic mass is 9.99. The van der Waals surface area contributed by atoms with Gasteiger partial charge in [0.2, 0.25) is 0 Å². The Hall–Kier alpha value is -1.42. The monoisotopic (exact) mass is 276 g/mol. The summed E-state index contributed by atoms with van der Waals surface area (Å²) < 4.78 is 0. The van der Waals surface area contributed by atoms with Crippen LogP contribution in [0.15, 0.2) is 24.3 Å². The van der Waals surface area contributed by atoms with Crippen LogP contribution in [-0.2, 0) is 4.79 Å². The molecule has 0 aliphatic heterocycles. The van der Waals surface area contributed by atoms with Crippen molar-refractivity contribution in [2.75, 3.05) is 5.32 Å². The first-order valence-corrected chi connectivity index (χ1v) is 7.22. The summed E-state index contributed by atoms with van der Waals surface area (Å²) in [5.74, 6) is 0.320. The molecule has 1 aromatic carbocycles. The molecule has 4 heteroatoms. The van der Waals surface area contributed by atoms with Gasteiger partial charge in [-0.15, -0.1) is 0 Å². The van der Waals surface area contributed by atoms with Crippen LogP contribution in [0.3, 0.4) is 0 Å². The highest BCUT2D eigenvalue weighted by Crippen LogP contribution is 2.21. The number of hydrogen-bond donors (Lipinski definition) is 2. The smallest absolute Gasteiger partial charge is 0.283 e. The molecule has 102 valence electrons. The fourth-order valence-corrected chi connectivity index (χ4v) is 2.01. The molecule has 2 N–H and O–H groups in total. The van der Waals surface area contributed by atoms with E-state index in [1.807, 2.05) is 12.1 Å². The standard InChI is InChI=1S/C15H20N2OS/c1-3-10(2)11-4-6-12(7-5-11)16-14(18)15(19)17-13-8-9-13/h4-7,10,13H,3,8-9H2,1-2H3,(H,16,18)(H,17,19). The minimum atomic E-state index is -0.224. The Morgan fingerprint density at radius 2 is 2.00 bits per heavy atom. The minimum Gasteiger partial charge on any atom is -0.369 e. The van der Waals surface area contributed by atoms with Gasteiger partial charge in [-0.2, -0.15) is 0 Å². The number of anilines is 1. The summed E-state index contributed by atoms with van der Waals surface area (Å²) in [7, 11) is 0. The topological polar surface area (TPSA) is 41.1 Å². The van der Waals surface area contributed by atoms with Gasteiger partial charge in [0.05, 0.1) is 0 Å². The van der Waals surface area contributed by atoms with Gasteiger partial charge in [0.25, 0.3) is 5.91 Å². The number of amides is 1. The van der Waals surface area contributed by atoms with Crippen molar-refractivity contribution in [3.05, 3.63) is 29.8 Å². The van der Waals surface area contributed by atoms with E-state index in [9.17, 15) is 4.79 Å². The molecule has 2 rings (SSSR count). The number of rotatable bonds is 4. The molecule has 0 bridgehead atoms. The van der Waals surface area contributed by atoms with E-state index in [0.29, 0.717) is 12.0 Å². The van der Waals surface area contributed by atoms with Crippen LogP contribution in [0.5, 0.6) is 0 Å². The van der Waals surface area contributed by atoms with E-state index in [1.54, 1.807) is 0 Å². The molecule has 1 amide bonds. The first-order chi connectivity index (χ1) is 9.10. The number of benzene rings is 1. The molecule has 3 nitrogen and oxygen atoms in total. The second-order valence-corrected chi connectivity index (χ2v) is 5.54. The van der Waals surface area contributed by atoms with Crippen LogP contribution in [0.4, 0.5) is 5.69 Å². The van der Waals surface area contributed by atoms with Crippen LogP contribution < -0.4 is 10.6 Å². The molecule has 0 spiro atoms. The Labute approximate surface area is 119 Å². The molecule has 1 saturated carbocycles. The van der Waals surface area contributed by atoms with Gasteiger partial charge in [-0.1, -0.05) is 38.2 Å². The van der Waals surface area contributed by atoms with Gasteiger partial charge >= 0.3 is 0 Å². The average molecular weight is 276 g/mol. The van der Waals surface area contributed by atoms with Gasteiger partial charge in [0, 0.05) is 11.7 Å². The third-order valence-corrected chi connectivity index (χ3v) is 3.77. The molecule has 1 fully saturated rings. The Balaban J connectivity index is 1.91. The Morgan fingerprint density at radius 1 is 1.37 bits per heavy atom. The quantitative estimate of drug-likeness (QED) is 0.830. The summed E-state index contributed by atoms with van der Waals surface area (Å²) in [6.07, 6.45) is 3.33. The normalized spacial score (nSPS) is 15.7. The molecule has 1 atom stereocenters. The zero-order valence-corrected chi connectivity index (χ0v) is 12.2. The molecular formula is C15H20N2OS. The number of carbonyl (C=O) groups excluding carboxylic acids is 1. The molecule has 1 aliphatic carbocycles. The summed E-state index contributed by atoms with van der Waals surface area (Å²) >= 11 is 5.06. The van der Waals surface area contributed by atoms with Crippen molar-refractivity contribution in [3.8, 4) is 0 Å². The highest BCUT2D eigenvalue weighted by Gasteiger charge is 2.24. The van der Waals surface area contributed by atoms with Crippen LogP contribution in [0.25, 0.3) is 0 Å². The Kier molecular flexibility index (Phi) is 4.53. The third kappa shape index (κ3) is 4.03. The molecular weight excluding hydrogens is 256 g/mol. The number of hydrogen-bond acceptors (Lipinski definition) is 2. The lowest BCUT2D eigenvalue weighted by molar-refractivity contribution is -0.110. The van der Waals surface area contributed by atoms with Crippen LogP contribution in [-0.4, -0.2) is 16.9 Å². The molecule has 1 aromatic rings. The van der Waals surface area contributed by atoms with Crippen LogP contribution >= 0.6 is 12.2 Å². The summed E-state index contributed by atoms with van der Waals surface area (Å²) in [5.41, 5.74) is 2.08. The van der Waals surface area contributed by atoms with E-state index in [1.165, 1.54) is 5.56 Å². The molecule has 0 aromatic heterocycles. The van der Waals surface area contributed by atoms with Gasteiger partial charge < -0.3 is 10.6 Å². The van der Waals surface area contributed by atoms with Crippen molar-refractivity contribution in [2.24, 2.45) is 0 Å². The third-order valence-electron chi connectivity index (χ3n) is 3.47. The Bertz CT molecular complexity index is 466. The molecule has 1 aliphatic rings. The molecule has 0 radical (unpaired) electrons. The predicted molar refractivity (Wildman–Crippen MR) is 82.5 cm³/mol. The zero-order valence-electron chi connectivity index (χ0n) is 11.4. The van der Waals surface area contributed by atoms with Gasteiger partial charge in [0.1, 0.15) is 0 Å². The first-order valence-electron chi connectivity index (χ1n) is 6.82. The van der Waals surface area contributed by atoms with Crippen LogP contribution in [0.2, 0.25) is 0 Å². The first kappa shape index (κ1) is 14.0. The summed E-state index contributed by atoms with van der Waals surface area (Å²) in [4.78, 5) is 12.1. The zero-order chi connectivity index (χ0) is 13.8. The van der Waals surface area contributed by atoms with Crippen molar-refractivity contribution in [3.63, 3.8) is 0 Å². The summed E-state index contributed by atoms with van der Waals surface area (Å²) in [6, 6.07) is 8.38. The van der Waals surface area contributed by atoms with E-state index < -0.39 is 0 Å². The number of thiocarbonyl (C=S) groups is 1. The van der Waals surface area contributed by atoms with Crippen molar-refractivity contribution in [2.45, 2.75) is 45.1 Å². The lowest BCUT2D eigenvalue weighted by Gasteiger charge is -2.11. The predicted octanol–water partition coefficient (Wildman–Crippen LogP) is 3.22. The van der Waals surface area contributed by atoms with Crippen molar-refractivity contribution in [1.29, 1.82) is 0 Å². The minimum absolute atomic E-state index is 0.224. The SMILES string of the molecule is CCC(C)c1ccc(NC(=O)C(=S)NC2CC2)cc1. The highest BCUT2D eigenvalue weighted by molar-refractivity contribution is 7.82. The van der Waals surface area contributed by atoms with Crippen LogP contribution in [0, 0.1) is 0 Å². The number of carbonyl (C=O) groups is 1. The maximum absolute atomic E-state index is 11.8. The van der Waals surface area contributed by atoms with E-state index in [0.717, 1.165) is 24.9 Å². The highest BCUT2D eigenvalue weighted by atomic mass is 32.1. The van der Waals surface area contributed by atoms with Crippen molar-refractivity contribution >= 4 is 28.8 Å². The molecule has 0 heterocycles. The largest absolute Gasteiger partial charge is 0.369 e. The van der Waals surface area contributed by atoms with Gasteiger partial charge in [0.15, 0.2) is 4.99 Å². The average Bonchev–Trinajstić information content (AvgIpc) is 3.22. The van der Waals surface area contributed by atoms with Crippen molar-refractivity contribution < 1.29 is 4.79 Å². The molecule has 0 saturated heterocycles. The second kappa shape index (κ2) is 6.15. The van der Waals surface area contributed by atoms with E-state index in [2.05, 4.69) is 36.6 Å². The number of nitrogens with one attached hydrogen (secondary N) is 2. The van der Waals surface area contributed by atoms with E-state index in [-0.39, 0.29) is 10.9 Å². The second-order valence-electron chi connectivity index (χ2n) is 5.13. The molecule has 19 heavy (non-hydrogen) atoms. The van der Waals surface area contributed by atoms with E-state index in [4.69, 9.17) is 12.2 Å². The summed E-state index contributed by atoms with van der Waals surface area (Å²) in [5, 5.41) is 5.85. The van der Waals surface area contributed by atoms with E-state index >= 15 is 0 Å². The van der Waals surface area contributed by atoms with Crippen LogP contribution in [0.1, 0.15) is 44.6 Å². The molecule has 1 unspecified atom stereocenters. The summed E-state index contributed by atoms with van der Waals surface area (Å²) in [6.45, 7) is 4.37. The van der Waals surface area contributed by atoms with Gasteiger partial charge in [-0.25, -0.2) is 0 Å². The maximum atomic E-state index is 11.8. The van der Waals surface area contributed by atoms with Gasteiger partial charge in [-0.3, -0.25) is 4.79 Å². The van der Waals surface area contributed by atoms with Gasteiger partial charge in [-0.05, 0) is 42.9 Å². The van der Waals surface area contributed by atoms with Crippen molar-refractivity contribution in [1.82, 2.24) is 5.32 Å². The maximum Gasteiger partial charge on any atom is 0.283 e. The fourth-order valence-electron chi connectivity index (χ4n) is 1.80. The fraction of sp³-hybridized carbons (Fsp3) is 0.467. The Morgan fingerprint density at radius 3 is 2.53 bits per heavy atom. The lowest BCUT2D eigenvalue weighted by Crippen LogP contribution is -2.35.